The zero-order valence-electron chi connectivity index (χ0n) is 16.9. The van der Waals surface area contributed by atoms with Gasteiger partial charge >= 0.3 is 0 Å². The summed E-state index contributed by atoms with van der Waals surface area (Å²) in [7, 11) is 2.04. The van der Waals surface area contributed by atoms with Gasteiger partial charge in [0.05, 0.1) is 6.20 Å². The van der Waals surface area contributed by atoms with E-state index in [1.165, 1.54) is 0 Å². The quantitative estimate of drug-likeness (QED) is 0.495. The maximum atomic E-state index is 4.61. The summed E-state index contributed by atoms with van der Waals surface area (Å²) in [5, 5.41) is 19.0. The van der Waals surface area contributed by atoms with Crippen molar-refractivity contribution in [1.82, 2.24) is 35.2 Å². The summed E-state index contributed by atoms with van der Waals surface area (Å²) in [6.45, 7) is 4.02. The van der Waals surface area contributed by atoms with Crippen molar-refractivity contribution in [3.63, 3.8) is 0 Å². The van der Waals surface area contributed by atoms with Crippen LogP contribution in [0.15, 0.2) is 60.8 Å². The lowest BCUT2D eigenvalue weighted by molar-refractivity contribution is 0.881. The Bertz CT molecular complexity index is 1320. The molecule has 148 valence electrons. The molecule has 0 aliphatic carbocycles. The van der Waals surface area contributed by atoms with Crippen molar-refractivity contribution in [3.05, 3.63) is 72.1 Å². The van der Waals surface area contributed by atoms with Crippen LogP contribution in [0.25, 0.3) is 28.2 Å². The fourth-order valence-electron chi connectivity index (χ4n) is 3.62. The van der Waals surface area contributed by atoms with Gasteiger partial charge < -0.3 is 4.90 Å². The molecular weight excluding hydrogens is 376 g/mol. The Morgan fingerprint density at radius 3 is 2.47 bits per heavy atom. The van der Waals surface area contributed by atoms with E-state index in [2.05, 4.69) is 65.9 Å². The first-order valence-electron chi connectivity index (χ1n) is 9.61. The van der Waals surface area contributed by atoms with E-state index in [-0.39, 0.29) is 0 Å². The van der Waals surface area contributed by atoms with Crippen LogP contribution in [-0.2, 0) is 0 Å². The molecule has 8 heteroatoms. The average Bonchev–Trinajstić information content (AvgIpc) is 3.44. The minimum atomic E-state index is 0.579. The molecule has 0 fully saturated rings. The van der Waals surface area contributed by atoms with Gasteiger partial charge in [-0.1, -0.05) is 36.4 Å². The SMILES string of the molecule is Cc1cc(N(C)c2ccc(-c3ccccc3-c3nn[nH]n3)cc2)n2ncc(C)c2n1. The van der Waals surface area contributed by atoms with E-state index < -0.39 is 0 Å². The van der Waals surface area contributed by atoms with Crippen LogP contribution >= 0.6 is 0 Å². The minimum absolute atomic E-state index is 0.579. The largest absolute Gasteiger partial charge is 0.329 e. The van der Waals surface area contributed by atoms with Crippen molar-refractivity contribution in [2.75, 3.05) is 11.9 Å². The van der Waals surface area contributed by atoms with Gasteiger partial charge in [-0.3, -0.25) is 0 Å². The molecule has 2 aromatic carbocycles. The van der Waals surface area contributed by atoms with E-state index in [9.17, 15) is 0 Å². The van der Waals surface area contributed by atoms with E-state index in [4.69, 9.17) is 0 Å². The number of tetrazole rings is 1. The normalized spacial score (nSPS) is 11.2. The molecular formula is C22H20N8. The maximum absolute atomic E-state index is 4.61. The van der Waals surface area contributed by atoms with Crippen molar-refractivity contribution in [3.8, 4) is 22.5 Å². The summed E-state index contributed by atoms with van der Waals surface area (Å²) in [5.74, 6) is 1.54. The summed E-state index contributed by atoms with van der Waals surface area (Å²) in [6.07, 6.45) is 1.84. The van der Waals surface area contributed by atoms with Crippen LogP contribution in [0.1, 0.15) is 11.3 Å². The molecule has 0 radical (unpaired) electrons. The zero-order valence-corrected chi connectivity index (χ0v) is 16.9. The highest BCUT2D eigenvalue weighted by Crippen LogP contribution is 2.32. The first-order chi connectivity index (χ1) is 14.6. The summed E-state index contributed by atoms with van der Waals surface area (Å²) in [5.41, 5.74) is 7.01. The topological polar surface area (TPSA) is 87.9 Å². The number of rotatable bonds is 4. The molecule has 5 rings (SSSR count). The van der Waals surface area contributed by atoms with E-state index in [1.54, 1.807) is 0 Å². The average molecular weight is 396 g/mol. The van der Waals surface area contributed by atoms with Gasteiger partial charge in [-0.15, -0.1) is 10.2 Å². The Morgan fingerprint density at radius 2 is 1.73 bits per heavy atom. The van der Waals surface area contributed by atoms with Gasteiger partial charge in [-0.05, 0) is 42.3 Å². The third-order valence-corrected chi connectivity index (χ3v) is 5.18. The van der Waals surface area contributed by atoms with Gasteiger partial charge in [0, 0.05) is 35.6 Å². The molecule has 1 N–H and O–H groups in total. The molecule has 3 heterocycles. The first-order valence-corrected chi connectivity index (χ1v) is 9.61. The maximum Gasteiger partial charge on any atom is 0.205 e. The van der Waals surface area contributed by atoms with Crippen LogP contribution in [0.5, 0.6) is 0 Å². The highest BCUT2D eigenvalue weighted by atomic mass is 15.5. The molecule has 0 aliphatic heterocycles. The fourth-order valence-corrected chi connectivity index (χ4v) is 3.62. The van der Waals surface area contributed by atoms with E-state index >= 15 is 0 Å². The number of H-pyrrole nitrogens is 1. The number of aromatic amines is 1. The van der Waals surface area contributed by atoms with Crippen molar-refractivity contribution in [1.29, 1.82) is 0 Å². The van der Waals surface area contributed by atoms with Gasteiger partial charge in [0.15, 0.2) is 5.65 Å². The molecule has 0 aliphatic rings. The molecule has 8 nitrogen and oxygen atoms in total. The van der Waals surface area contributed by atoms with Gasteiger partial charge in [0.25, 0.3) is 0 Å². The van der Waals surface area contributed by atoms with Gasteiger partial charge in [0.1, 0.15) is 5.82 Å². The number of fused-ring (bicyclic) bond motifs is 1. The molecule has 0 saturated heterocycles. The van der Waals surface area contributed by atoms with Crippen LogP contribution in [0.3, 0.4) is 0 Å². The molecule has 0 unspecified atom stereocenters. The number of nitrogens with zero attached hydrogens (tertiary/aromatic N) is 7. The summed E-state index contributed by atoms with van der Waals surface area (Å²) in [6, 6.07) is 18.5. The molecule has 0 amide bonds. The summed E-state index contributed by atoms with van der Waals surface area (Å²) >= 11 is 0. The van der Waals surface area contributed by atoms with Gasteiger partial charge in [0.2, 0.25) is 5.82 Å². The van der Waals surface area contributed by atoms with Gasteiger partial charge in [-0.25, -0.2) is 4.98 Å². The third kappa shape index (κ3) is 2.98. The first kappa shape index (κ1) is 18.0. The Hall–Kier alpha value is -4.07. The number of aryl methyl sites for hydroxylation is 2. The van der Waals surface area contributed by atoms with Crippen molar-refractivity contribution in [2.45, 2.75) is 13.8 Å². The molecule has 0 spiro atoms. The van der Waals surface area contributed by atoms with Crippen molar-refractivity contribution < 1.29 is 0 Å². The van der Waals surface area contributed by atoms with Crippen molar-refractivity contribution in [2.24, 2.45) is 0 Å². The molecule has 0 atom stereocenters. The Balaban J connectivity index is 1.53. The summed E-state index contributed by atoms with van der Waals surface area (Å²) < 4.78 is 1.88. The fraction of sp³-hybridized carbons (Fsp3) is 0.136. The zero-order chi connectivity index (χ0) is 20.7. The molecule has 30 heavy (non-hydrogen) atoms. The Morgan fingerprint density at radius 1 is 0.967 bits per heavy atom. The van der Waals surface area contributed by atoms with E-state index in [0.29, 0.717) is 5.82 Å². The second-order valence-corrected chi connectivity index (χ2v) is 7.21. The Labute approximate surface area is 173 Å². The van der Waals surface area contributed by atoms with E-state index in [1.807, 2.05) is 55.9 Å². The number of hydrogen-bond acceptors (Lipinski definition) is 6. The number of hydrogen-bond donors (Lipinski definition) is 1. The smallest absolute Gasteiger partial charge is 0.205 e. The molecule has 3 aromatic heterocycles. The minimum Gasteiger partial charge on any atom is -0.329 e. The third-order valence-electron chi connectivity index (χ3n) is 5.18. The Kier molecular flexibility index (Phi) is 4.24. The standard InChI is InChI=1S/C22H20N8/c1-14-13-23-30-20(12-15(2)24-22(14)30)29(3)17-10-8-16(9-11-17)18-6-4-5-7-19(18)21-25-27-28-26-21/h4-13H,1-3H3,(H,25,26,27,28). The lowest BCUT2D eigenvalue weighted by Crippen LogP contribution is -2.15. The van der Waals surface area contributed by atoms with Crippen LogP contribution in [-0.4, -0.2) is 42.3 Å². The van der Waals surface area contributed by atoms with Crippen LogP contribution in [0.2, 0.25) is 0 Å². The lowest BCUT2D eigenvalue weighted by atomic mass is 9.99. The predicted molar refractivity (Wildman–Crippen MR) is 116 cm³/mol. The second kappa shape index (κ2) is 7.07. The van der Waals surface area contributed by atoms with Gasteiger partial charge in [-0.2, -0.15) is 14.8 Å². The van der Waals surface area contributed by atoms with Crippen LogP contribution < -0.4 is 4.90 Å². The lowest BCUT2D eigenvalue weighted by Gasteiger charge is -2.21. The summed E-state index contributed by atoms with van der Waals surface area (Å²) in [4.78, 5) is 6.73. The van der Waals surface area contributed by atoms with Crippen LogP contribution in [0, 0.1) is 13.8 Å². The monoisotopic (exact) mass is 396 g/mol. The van der Waals surface area contributed by atoms with Crippen molar-refractivity contribution >= 4 is 17.2 Å². The highest BCUT2D eigenvalue weighted by Gasteiger charge is 2.14. The number of anilines is 2. The number of aromatic nitrogens is 7. The van der Waals surface area contributed by atoms with Crippen LogP contribution in [0.4, 0.5) is 11.5 Å². The number of nitrogens with one attached hydrogen (secondary N) is 1. The predicted octanol–water partition coefficient (Wildman–Crippen LogP) is 3.96. The second-order valence-electron chi connectivity index (χ2n) is 7.21. The highest BCUT2D eigenvalue weighted by molar-refractivity contribution is 5.81. The number of benzene rings is 2. The molecule has 0 saturated carbocycles. The van der Waals surface area contributed by atoms with E-state index in [0.717, 1.165) is 45.1 Å². The molecule has 5 aromatic rings. The molecule has 0 bridgehead atoms.